The molecule has 0 aliphatic rings. The van der Waals surface area contributed by atoms with Gasteiger partial charge in [0.25, 0.3) is 0 Å². The first-order valence-electron chi connectivity index (χ1n) is 5.58. The molecule has 0 heterocycles. The zero-order chi connectivity index (χ0) is 11.8. The molecule has 0 bridgehead atoms. The molecule has 1 N–H and O–H groups in total. The van der Waals surface area contributed by atoms with E-state index in [0.29, 0.717) is 11.0 Å². The summed E-state index contributed by atoms with van der Waals surface area (Å²) < 4.78 is 0. The number of amides is 1. The normalized spacial score (nSPS) is 12.1. The molecule has 1 atom stereocenters. The zero-order valence-corrected chi connectivity index (χ0v) is 10.7. The standard InChI is InChI=1S/C13H19NOS/c1-11(16-10-13(15)14-2)8-9-12-6-4-3-5-7-12/h3-7,11H,8-10H2,1-2H3,(H,14,15)/t11-/m1/s1. The molecule has 0 saturated heterocycles. The van der Waals surface area contributed by atoms with Crippen molar-refractivity contribution in [2.75, 3.05) is 12.8 Å². The number of hydrogen-bond donors (Lipinski definition) is 1. The Morgan fingerprint density at radius 3 is 2.69 bits per heavy atom. The van der Waals surface area contributed by atoms with Crippen LogP contribution in [0.5, 0.6) is 0 Å². The molecule has 3 heteroatoms. The van der Waals surface area contributed by atoms with Crippen molar-refractivity contribution in [2.24, 2.45) is 0 Å². The maximum Gasteiger partial charge on any atom is 0.229 e. The van der Waals surface area contributed by atoms with Crippen LogP contribution in [0.15, 0.2) is 30.3 Å². The Morgan fingerprint density at radius 1 is 1.38 bits per heavy atom. The zero-order valence-electron chi connectivity index (χ0n) is 9.90. The minimum absolute atomic E-state index is 0.108. The molecule has 2 nitrogen and oxygen atoms in total. The lowest BCUT2D eigenvalue weighted by Gasteiger charge is -2.10. The first-order chi connectivity index (χ1) is 7.72. The molecule has 88 valence electrons. The van der Waals surface area contributed by atoms with E-state index in [0.717, 1.165) is 12.8 Å². The molecule has 0 aliphatic heterocycles. The summed E-state index contributed by atoms with van der Waals surface area (Å²) in [5, 5.41) is 3.16. The third-order valence-electron chi connectivity index (χ3n) is 2.46. The highest BCUT2D eigenvalue weighted by atomic mass is 32.2. The predicted molar refractivity (Wildman–Crippen MR) is 70.7 cm³/mol. The van der Waals surface area contributed by atoms with Crippen LogP contribution in [-0.4, -0.2) is 24.0 Å². The van der Waals surface area contributed by atoms with Crippen LogP contribution in [0.1, 0.15) is 18.9 Å². The van der Waals surface area contributed by atoms with Gasteiger partial charge in [0.15, 0.2) is 0 Å². The summed E-state index contributed by atoms with van der Waals surface area (Å²) >= 11 is 1.72. The molecular weight excluding hydrogens is 218 g/mol. The highest BCUT2D eigenvalue weighted by Gasteiger charge is 2.05. The van der Waals surface area contributed by atoms with Crippen molar-refractivity contribution in [1.82, 2.24) is 5.32 Å². The van der Waals surface area contributed by atoms with Crippen LogP contribution >= 0.6 is 11.8 Å². The number of aryl methyl sites for hydroxylation is 1. The summed E-state index contributed by atoms with van der Waals surface area (Å²) in [7, 11) is 1.68. The molecule has 1 amide bonds. The lowest BCUT2D eigenvalue weighted by atomic mass is 10.1. The van der Waals surface area contributed by atoms with Crippen LogP contribution in [0.4, 0.5) is 0 Å². The van der Waals surface area contributed by atoms with E-state index in [1.54, 1.807) is 18.8 Å². The van der Waals surface area contributed by atoms with Crippen molar-refractivity contribution < 1.29 is 4.79 Å². The van der Waals surface area contributed by atoms with Gasteiger partial charge >= 0.3 is 0 Å². The van der Waals surface area contributed by atoms with E-state index in [9.17, 15) is 4.79 Å². The van der Waals surface area contributed by atoms with Crippen LogP contribution in [0.25, 0.3) is 0 Å². The molecule has 0 aliphatic carbocycles. The van der Waals surface area contributed by atoms with Gasteiger partial charge in [-0.1, -0.05) is 37.3 Å². The molecule has 1 rings (SSSR count). The molecular formula is C13H19NOS. The Hall–Kier alpha value is -0.960. The van der Waals surface area contributed by atoms with Crippen molar-refractivity contribution in [3.8, 4) is 0 Å². The number of carbonyl (C=O) groups is 1. The minimum Gasteiger partial charge on any atom is -0.358 e. The maximum absolute atomic E-state index is 11.1. The lowest BCUT2D eigenvalue weighted by Crippen LogP contribution is -2.21. The van der Waals surface area contributed by atoms with Gasteiger partial charge in [-0.05, 0) is 18.4 Å². The van der Waals surface area contributed by atoms with Gasteiger partial charge in [0.05, 0.1) is 5.75 Å². The average molecular weight is 237 g/mol. The van der Waals surface area contributed by atoms with Crippen molar-refractivity contribution >= 4 is 17.7 Å². The van der Waals surface area contributed by atoms with Crippen molar-refractivity contribution in [1.29, 1.82) is 0 Å². The largest absolute Gasteiger partial charge is 0.358 e. The third kappa shape index (κ3) is 5.21. The molecule has 0 fully saturated rings. The fraction of sp³-hybridized carbons (Fsp3) is 0.462. The lowest BCUT2D eigenvalue weighted by molar-refractivity contribution is -0.118. The second kappa shape index (κ2) is 7.34. The van der Waals surface area contributed by atoms with Crippen LogP contribution in [0, 0.1) is 0 Å². The summed E-state index contributed by atoms with van der Waals surface area (Å²) in [6.45, 7) is 2.18. The minimum atomic E-state index is 0.108. The molecule has 0 unspecified atom stereocenters. The van der Waals surface area contributed by atoms with Crippen LogP contribution in [0.2, 0.25) is 0 Å². The van der Waals surface area contributed by atoms with Gasteiger partial charge in [0, 0.05) is 12.3 Å². The number of hydrogen-bond acceptors (Lipinski definition) is 2. The Balaban J connectivity index is 2.20. The Morgan fingerprint density at radius 2 is 2.06 bits per heavy atom. The van der Waals surface area contributed by atoms with Gasteiger partial charge in [-0.3, -0.25) is 4.79 Å². The van der Waals surface area contributed by atoms with E-state index in [2.05, 4.69) is 36.5 Å². The van der Waals surface area contributed by atoms with E-state index in [-0.39, 0.29) is 5.91 Å². The highest BCUT2D eigenvalue weighted by molar-refractivity contribution is 8.00. The number of benzene rings is 1. The number of rotatable bonds is 6. The highest BCUT2D eigenvalue weighted by Crippen LogP contribution is 2.16. The van der Waals surface area contributed by atoms with Crippen LogP contribution < -0.4 is 5.32 Å². The fourth-order valence-corrected chi connectivity index (χ4v) is 2.25. The number of carbonyl (C=O) groups excluding carboxylic acids is 1. The molecule has 0 spiro atoms. The Kier molecular flexibility index (Phi) is 6.01. The number of thioether (sulfide) groups is 1. The second-order valence-electron chi connectivity index (χ2n) is 3.82. The van der Waals surface area contributed by atoms with Gasteiger partial charge < -0.3 is 5.32 Å². The quantitative estimate of drug-likeness (QED) is 0.823. The van der Waals surface area contributed by atoms with Crippen LogP contribution in [0.3, 0.4) is 0 Å². The summed E-state index contributed by atoms with van der Waals surface area (Å²) in [5.74, 6) is 0.670. The fourth-order valence-electron chi connectivity index (χ4n) is 1.39. The Bertz CT molecular complexity index is 313. The molecule has 1 aromatic carbocycles. The summed E-state index contributed by atoms with van der Waals surface area (Å²) in [5.41, 5.74) is 1.37. The molecule has 0 saturated carbocycles. The first kappa shape index (κ1) is 13.1. The van der Waals surface area contributed by atoms with Gasteiger partial charge in [0.2, 0.25) is 5.91 Å². The van der Waals surface area contributed by atoms with Gasteiger partial charge in [0.1, 0.15) is 0 Å². The van der Waals surface area contributed by atoms with Crippen molar-refractivity contribution in [3.63, 3.8) is 0 Å². The van der Waals surface area contributed by atoms with Gasteiger partial charge in [-0.25, -0.2) is 0 Å². The van der Waals surface area contributed by atoms with E-state index < -0.39 is 0 Å². The molecule has 1 aromatic rings. The average Bonchev–Trinajstić information content (AvgIpc) is 2.34. The van der Waals surface area contributed by atoms with Crippen molar-refractivity contribution in [3.05, 3.63) is 35.9 Å². The van der Waals surface area contributed by atoms with E-state index in [1.165, 1.54) is 5.56 Å². The second-order valence-corrected chi connectivity index (χ2v) is 5.25. The SMILES string of the molecule is CNC(=O)CS[C@H](C)CCc1ccccc1. The maximum atomic E-state index is 11.1. The molecule has 16 heavy (non-hydrogen) atoms. The topological polar surface area (TPSA) is 29.1 Å². The molecule has 0 aromatic heterocycles. The van der Waals surface area contributed by atoms with Crippen molar-refractivity contribution in [2.45, 2.75) is 25.0 Å². The molecule has 0 radical (unpaired) electrons. The summed E-state index contributed by atoms with van der Waals surface area (Å²) in [6, 6.07) is 10.5. The first-order valence-corrected chi connectivity index (χ1v) is 6.63. The summed E-state index contributed by atoms with van der Waals surface area (Å²) in [4.78, 5) is 11.1. The van der Waals surface area contributed by atoms with Crippen LogP contribution in [-0.2, 0) is 11.2 Å². The van der Waals surface area contributed by atoms with E-state index >= 15 is 0 Å². The third-order valence-corrected chi connectivity index (χ3v) is 3.69. The smallest absolute Gasteiger partial charge is 0.229 e. The van der Waals surface area contributed by atoms with Gasteiger partial charge in [-0.15, -0.1) is 11.8 Å². The van der Waals surface area contributed by atoms with E-state index in [4.69, 9.17) is 0 Å². The number of nitrogens with one attached hydrogen (secondary N) is 1. The van der Waals surface area contributed by atoms with Gasteiger partial charge in [-0.2, -0.15) is 0 Å². The summed E-state index contributed by atoms with van der Waals surface area (Å²) in [6.07, 6.45) is 2.20. The monoisotopic (exact) mass is 237 g/mol. The Labute approximate surface area is 102 Å². The predicted octanol–water partition coefficient (Wildman–Crippen LogP) is 2.49. The van der Waals surface area contributed by atoms with E-state index in [1.807, 2.05) is 6.07 Å².